The van der Waals surface area contributed by atoms with Crippen molar-refractivity contribution in [2.75, 3.05) is 18.0 Å². The third kappa shape index (κ3) is 2.98. The minimum Gasteiger partial charge on any atom is -0.369 e. The maximum Gasteiger partial charge on any atom is 0.227 e. The number of aromatic nitrogens is 4. The van der Waals surface area contributed by atoms with Gasteiger partial charge >= 0.3 is 0 Å². The van der Waals surface area contributed by atoms with Crippen LogP contribution in [0.2, 0.25) is 0 Å². The molecule has 1 aromatic carbocycles. The molecular weight excluding hydrogens is 314 g/mol. The molecule has 1 aliphatic heterocycles. The quantitative estimate of drug-likeness (QED) is 0.719. The van der Waals surface area contributed by atoms with Gasteiger partial charge in [-0.2, -0.15) is 0 Å². The molecule has 0 amide bonds. The van der Waals surface area contributed by atoms with E-state index in [9.17, 15) is 0 Å². The monoisotopic (exact) mass is 337 g/mol. The van der Waals surface area contributed by atoms with Crippen LogP contribution in [-0.2, 0) is 11.8 Å². The molecule has 1 saturated heterocycles. The van der Waals surface area contributed by atoms with Crippen LogP contribution >= 0.6 is 0 Å². The number of rotatable bonds is 2. The highest BCUT2D eigenvalue weighted by atomic mass is 16.5. The van der Waals surface area contributed by atoms with Gasteiger partial charge in [0.05, 0.1) is 17.2 Å². The highest BCUT2D eigenvalue weighted by Crippen LogP contribution is 2.27. The lowest BCUT2D eigenvalue weighted by molar-refractivity contribution is -0.0754. The molecule has 130 valence electrons. The van der Waals surface area contributed by atoms with Gasteiger partial charge in [0.25, 0.3) is 0 Å². The predicted molar refractivity (Wildman–Crippen MR) is 98.6 cm³/mol. The molecule has 1 atom stereocenters. The fourth-order valence-electron chi connectivity index (χ4n) is 3.62. The summed E-state index contributed by atoms with van der Waals surface area (Å²) in [5.74, 6) is 1.63. The molecule has 4 rings (SSSR count). The van der Waals surface area contributed by atoms with Crippen LogP contribution in [0.15, 0.2) is 36.4 Å². The summed E-state index contributed by atoms with van der Waals surface area (Å²) in [5, 5.41) is 9.97. The molecule has 0 saturated carbocycles. The average Bonchev–Trinajstić information content (AvgIpc) is 2.94. The normalized spacial score (nSPS) is 20.2. The molecular formula is C19H23N5O. The molecule has 25 heavy (non-hydrogen) atoms. The molecule has 1 fully saturated rings. The fraction of sp³-hybridized carbons (Fsp3) is 0.421. The van der Waals surface area contributed by atoms with Gasteiger partial charge in [0.1, 0.15) is 5.69 Å². The number of hydrogen-bond acceptors (Lipinski definition) is 5. The molecule has 0 radical (unpaired) electrons. The first-order valence-corrected chi connectivity index (χ1v) is 8.61. The van der Waals surface area contributed by atoms with Gasteiger partial charge in [-0.15, -0.1) is 10.2 Å². The molecule has 3 aromatic rings. The molecule has 0 bridgehead atoms. The highest BCUT2D eigenvalue weighted by molar-refractivity contribution is 5.80. The average molecular weight is 337 g/mol. The van der Waals surface area contributed by atoms with E-state index >= 15 is 0 Å². The molecule has 1 aliphatic rings. The van der Waals surface area contributed by atoms with Crippen LogP contribution in [0.25, 0.3) is 22.4 Å². The summed E-state index contributed by atoms with van der Waals surface area (Å²) in [6.45, 7) is 7.90. The van der Waals surface area contributed by atoms with E-state index in [4.69, 9.17) is 9.72 Å². The second-order valence-corrected chi connectivity index (χ2v) is 7.34. The van der Waals surface area contributed by atoms with E-state index in [1.54, 1.807) is 0 Å². The summed E-state index contributed by atoms with van der Waals surface area (Å²) in [7, 11) is 1.99. The van der Waals surface area contributed by atoms with Crippen LogP contribution in [0, 0.1) is 0 Å². The minimum atomic E-state index is -0.203. The van der Waals surface area contributed by atoms with Gasteiger partial charge in [0, 0.05) is 25.5 Å². The zero-order valence-electron chi connectivity index (χ0n) is 15.1. The van der Waals surface area contributed by atoms with Crippen molar-refractivity contribution < 1.29 is 4.74 Å². The Balaban J connectivity index is 1.70. The number of nitrogens with zero attached hydrogens (tertiary/aromatic N) is 5. The van der Waals surface area contributed by atoms with Crippen molar-refractivity contribution in [1.82, 2.24) is 19.7 Å². The van der Waals surface area contributed by atoms with Crippen molar-refractivity contribution in [3.05, 3.63) is 36.4 Å². The topological polar surface area (TPSA) is 56.1 Å². The summed E-state index contributed by atoms with van der Waals surface area (Å²) in [5.41, 5.74) is 1.59. The van der Waals surface area contributed by atoms with E-state index in [1.807, 2.05) is 35.9 Å². The summed E-state index contributed by atoms with van der Waals surface area (Å²) in [6.07, 6.45) is 0.155. The first-order valence-electron chi connectivity index (χ1n) is 8.61. The van der Waals surface area contributed by atoms with Crippen molar-refractivity contribution in [2.24, 2.45) is 7.05 Å². The Morgan fingerprint density at radius 1 is 1.12 bits per heavy atom. The number of hydrogen-bond donors (Lipinski definition) is 0. The van der Waals surface area contributed by atoms with Gasteiger partial charge in [-0.3, -0.25) is 4.57 Å². The van der Waals surface area contributed by atoms with E-state index in [0.29, 0.717) is 0 Å². The number of anilines is 1. The molecule has 3 heterocycles. The minimum absolute atomic E-state index is 0.155. The second kappa shape index (κ2) is 5.81. The second-order valence-electron chi connectivity index (χ2n) is 7.34. The largest absolute Gasteiger partial charge is 0.369 e. The lowest BCUT2D eigenvalue weighted by atomic mass is 10.1. The van der Waals surface area contributed by atoms with Gasteiger partial charge in [0.2, 0.25) is 5.95 Å². The molecule has 6 nitrogen and oxygen atoms in total. The maximum atomic E-state index is 5.99. The lowest BCUT2D eigenvalue weighted by Gasteiger charge is -2.41. The van der Waals surface area contributed by atoms with Crippen LogP contribution in [-0.4, -0.2) is 44.5 Å². The van der Waals surface area contributed by atoms with Gasteiger partial charge in [0.15, 0.2) is 5.82 Å². The first-order chi connectivity index (χ1) is 11.9. The van der Waals surface area contributed by atoms with Gasteiger partial charge in [-0.25, -0.2) is 4.98 Å². The summed E-state index contributed by atoms with van der Waals surface area (Å²) in [6, 6.07) is 12.2. The fourth-order valence-corrected chi connectivity index (χ4v) is 3.62. The summed E-state index contributed by atoms with van der Waals surface area (Å²) >= 11 is 0. The van der Waals surface area contributed by atoms with Crippen LogP contribution < -0.4 is 4.90 Å². The van der Waals surface area contributed by atoms with Crippen LogP contribution in [0.5, 0.6) is 0 Å². The van der Waals surface area contributed by atoms with E-state index in [2.05, 4.69) is 48.0 Å². The standard InChI is InChI=1S/C19H23N5O/c1-13-11-24(12-19(2,3)25-13)18-22-21-17(23(18)4)16-10-9-14-7-5-6-8-15(14)20-16/h5-10,13H,11-12H2,1-4H3. The number of benzene rings is 1. The Kier molecular flexibility index (Phi) is 3.72. The van der Waals surface area contributed by atoms with Crippen molar-refractivity contribution in [1.29, 1.82) is 0 Å². The van der Waals surface area contributed by atoms with Crippen LogP contribution in [0.4, 0.5) is 5.95 Å². The van der Waals surface area contributed by atoms with Crippen molar-refractivity contribution in [3.63, 3.8) is 0 Å². The SMILES string of the molecule is CC1CN(c2nnc(-c3ccc4ccccc4n3)n2C)CC(C)(C)O1. The van der Waals surface area contributed by atoms with Gasteiger partial charge in [-0.05, 0) is 32.9 Å². The Bertz CT molecular complexity index is 917. The summed E-state index contributed by atoms with van der Waals surface area (Å²) in [4.78, 5) is 6.98. The first kappa shape index (κ1) is 16.0. The predicted octanol–water partition coefficient (Wildman–Crippen LogP) is 3.03. The van der Waals surface area contributed by atoms with Gasteiger partial charge in [-0.1, -0.05) is 24.3 Å². The van der Waals surface area contributed by atoms with Crippen molar-refractivity contribution in [3.8, 4) is 11.5 Å². The number of morpholine rings is 1. The van der Waals surface area contributed by atoms with E-state index in [1.165, 1.54) is 0 Å². The molecule has 6 heteroatoms. The Morgan fingerprint density at radius 3 is 2.72 bits per heavy atom. The van der Waals surface area contributed by atoms with Gasteiger partial charge < -0.3 is 9.64 Å². The molecule has 0 N–H and O–H groups in total. The zero-order valence-corrected chi connectivity index (χ0v) is 15.1. The van der Waals surface area contributed by atoms with Crippen molar-refractivity contribution in [2.45, 2.75) is 32.5 Å². The number of fused-ring (bicyclic) bond motifs is 1. The Hall–Kier alpha value is -2.47. The van der Waals surface area contributed by atoms with Crippen LogP contribution in [0.3, 0.4) is 0 Å². The maximum absolute atomic E-state index is 5.99. The molecule has 0 aliphatic carbocycles. The van der Waals surface area contributed by atoms with E-state index < -0.39 is 0 Å². The lowest BCUT2D eigenvalue weighted by Crippen LogP contribution is -2.52. The number of ether oxygens (including phenoxy) is 1. The highest BCUT2D eigenvalue weighted by Gasteiger charge is 2.33. The van der Waals surface area contributed by atoms with Crippen LogP contribution in [0.1, 0.15) is 20.8 Å². The molecule has 0 spiro atoms. The smallest absolute Gasteiger partial charge is 0.227 e. The number of para-hydroxylation sites is 1. The Labute approximate surface area is 147 Å². The number of pyridine rings is 1. The zero-order chi connectivity index (χ0) is 17.6. The molecule has 2 aromatic heterocycles. The third-order valence-corrected chi connectivity index (χ3v) is 4.53. The van der Waals surface area contributed by atoms with E-state index in [-0.39, 0.29) is 11.7 Å². The Morgan fingerprint density at radius 2 is 1.92 bits per heavy atom. The summed E-state index contributed by atoms with van der Waals surface area (Å²) < 4.78 is 8.01. The van der Waals surface area contributed by atoms with E-state index in [0.717, 1.165) is 41.5 Å². The van der Waals surface area contributed by atoms with Crippen molar-refractivity contribution >= 4 is 16.9 Å². The third-order valence-electron chi connectivity index (χ3n) is 4.53. The molecule has 1 unspecified atom stereocenters.